The van der Waals surface area contributed by atoms with Crippen LogP contribution in [0.2, 0.25) is 5.02 Å². The number of fused-ring (bicyclic) bond motifs is 1. The summed E-state index contributed by atoms with van der Waals surface area (Å²) in [7, 11) is 3.97. The number of carboxylic acid groups (broad SMARTS) is 2. The Bertz CT molecular complexity index is 1750. The number of hydrogen-bond donors (Lipinski definition) is 5. The number of carboxylic acids is 2. The molecule has 1 aromatic heterocycles. The van der Waals surface area contributed by atoms with E-state index < -0.39 is 36.0 Å². The molecular weight excluding hydrogens is 759 g/mol. The zero-order chi connectivity index (χ0) is 40.1. The highest BCUT2D eigenvalue weighted by atomic mass is 35.5. The Balaban J connectivity index is 0.000000587. The second-order valence-corrected chi connectivity index (χ2v) is 11.2. The maximum absolute atomic E-state index is 13.0. The van der Waals surface area contributed by atoms with Gasteiger partial charge in [-0.2, -0.15) is 39.5 Å². The van der Waals surface area contributed by atoms with E-state index in [0.717, 1.165) is 25.1 Å². The summed E-state index contributed by atoms with van der Waals surface area (Å²) in [4.78, 5) is 41.3. The van der Waals surface area contributed by atoms with Crippen molar-refractivity contribution >= 4 is 52.8 Å². The van der Waals surface area contributed by atoms with Crippen molar-refractivity contribution < 1.29 is 68.8 Å². The van der Waals surface area contributed by atoms with E-state index >= 15 is 0 Å². The summed E-state index contributed by atoms with van der Waals surface area (Å²) in [6, 6.07) is 9.35. The number of alkyl halides is 9. The van der Waals surface area contributed by atoms with Crippen LogP contribution in [0.25, 0.3) is 6.08 Å². The predicted molar refractivity (Wildman–Crippen MR) is 173 cm³/mol. The first-order valence-corrected chi connectivity index (χ1v) is 15.1. The van der Waals surface area contributed by atoms with Crippen LogP contribution in [0.15, 0.2) is 54.4 Å². The minimum Gasteiger partial charge on any atom is -0.475 e. The van der Waals surface area contributed by atoms with Gasteiger partial charge in [0.15, 0.2) is 0 Å². The molecule has 0 unspecified atom stereocenters. The molecule has 12 nitrogen and oxygen atoms in total. The quantitative estimate of drug-likeness (QED) is 0.110. The van der Waals surface area contributed by atoms with E-state index in [-0.39, 0.29) is 22.4 Å². The molecule has 5 N–H and O–H groups in total. The van der Waals surface area contributed by atoms with E-state index in [1.807, 2.05) is 14.1 Å². The molecule has 0 radical (unpaired) electrons. The maximum Gasteiger partial charge on any atom is 0.490 e. The van der Waals surface area contributed by atoms with Gasteiger partial charge in [-0.3, -0.25) is 4.79 Å². The fraction of sp³-hybridized carbons (Fsp3) is 0.323. The van der Waals surface area contributed by atoms with Gasteiger partial charge in [-0.05, 0) is 76.0 Å². The second-order valence-electron chi connectivity index (χ2n) is 10.7. The van der Waals surface area contributed by atoms with Crippen LogP contribution in [0.5, 0.6) is 11.5 Å². The molecule has 1 aliphatic rings. The van der Waals surface area contributed by atoms with Crippen LogP contribution >= 0.6 is 11.6 Å². The number of anilines is 3. The molecule has 0 bridgehead atoms. The summed E-state index contributed by atoms with van der Waals surface area (Å²) >= 11 is 6.39. The van der Waals surface area contributed by atoms with Crippen LogP contribution in [0, 0.1) is 0 Å². The SMILES string of the molecule is CN(C)CCCNC(=O)C1=Cc2c(ncnc2Nc2ccc(Oc3cccc(C(F)(F)F)c3)c(Cl)c2)NCC1.O=C(O)C(F)(F)F.O=C(O)C(F)(F)F. The zero-order valence-electron chi connectivity index (χ0n) is 27.4. The van der Waals surface area contributed by atoms with Gasteiger partial charge in [0.25, 0.3) is 0 Å². The fourth-order valence-electron chi connectivity index (χ4n) is 3.89. The molecule has 0 atom stereocenters. The van der Waals surface area contributed by atoms with Crippen LogP contribution in [-0.4, -0.2) is 89.0 Å². The molecule has 0 aliphatic carbocycles. The number of aromatic nitrogens is 2. The van der Waals surface area contributed by atoms with Crippen LogP contribution in [0.3, 0.4) is 0 Å². The molecule has 3 aromatic rings. The van der Waals surface area contributed by atoms with Gasteiger partial charge in [-0.15, -0.1) is 0 Å². The van der Waals surface area contributed by atoms with E-state index in [2.05, 4.69) is 30.8 Å². The van der Waals surface area contributed by atoms with Gasteiger partial charge in [0.1, 0.15) is 29.5 Å². The first-order valence-electron chi connectivity index (χ1n) is 14.7. The van der Waals surface area contributed by atoms with Crippen molar-refractivity contribution in [2.75, 3.05) is 44.4 Å². The summed E-state index contributed by atoms with van der Waals surface area (Å²) < 4.78 is 108. The topological polar surface area (TPSA) is 166 Å². The molecule has 0 saturated carbocycles. The molecule has 2 heterocycles. The minimum absolute atomic E-state index is 0.0114. The second kappa shape index (κ2) is 19.0. The third kappa shape index (κ3) is 15.1. The highest BCUT2D eigenvalue weighted by molar-refractivity contribution is 6.32. The van der Waals surface area contributed by atoms with Crippen molar-refractivity contribution in [2.24, 2.45) is 0 Å². The molecule has 290 valence electrons. The molecule has 22 heteroatoms. The zero-order valence-corrected chi connectivity index (χ0v) is 28.1. The number of ether oxygens (including phenoxy) is 1. The van der Waals surface area contributed by atoms with E-state index in [0.29, 0.717) is 48.0 Å². The molecule has 53 heavy (non-hydrogen) atoms. The van der Waals surface area contributed by atoms with Gasteiger partial charge in [0.2, 0.25) is 5.91 Å². The molecule has 0 saturated heterocycles. The summed E-state index contributed by atoms with van der Waals surface area (Å²) in [6.45, 7) is 1.98. The van der Waals surface area contributed by atoms with Crippen molar-refractivity contribution in [3.63, 3.8) is 0 Å². The Labute approximate surface area is 299 Å². The van der Waals surface area contributed by atoms with Gasteiger partial charge in [-0.1, -0.05) is 17.7 Å². The van der Waals surface area contributed by atoms with Crippen LogP contribution in [0.4, 0.5) is 56.8 Å². The van der Waals surface area contributed by atoms with E-state index in [4.69, 9.17) is 36.1 Å². The van der Waals surface area contributed by atoms with E-state index in [9.17, 15) is 44.3 Å². The third-order valence-electron chi connectivity index (χ3n) is 6.32. The number of rotatable bonds is 9. The molecule has 0 fully saturated rings. The number of aliphatic carboxylic acids is 2. The summed E-state index contributed by atoms with van der Waals surface area (Å²) in [5, 5.41) is 23.8. The van der Waals surface area contributed by atoms with Crippen LogP contribution < -0.4 is 20.7 Å². The Hall–Kier alpha value is -5.31. The first kappa shape index (κ1) is 43.9. The number of halogens is 10. The maximum atomic E-state index is 13.0. The van der Waals surface area contributed by atoms with Crippen molar-refractivity contribution in [3.8, 4) is 11.5 Å². The lowest BCUT2D eigenvalue weighted by Gasteiger charge is -2.14. The normalized spacial score (nSPS) is 12.7. The number of nitrogens with zero attached hydrogens (tertiary/aromatic N) is 3. The Morgan fingerprint density at radius 3 is 2.11 bits per heavy atom. The Morgan fingerprint density at radius 2 is 1.57 bits per heavy atom. The predicted octanol–water partition coefficient (Wildman–Crippen LogP) is 7.22. The minimum atomic E-state index is -5.08. The number of hydrogen-bond acceptors (Lipinski definition) is 9. The van der Waals surface area contributed by atoms with Gasteiger partial charge in [-0.25, -0.2) is 19.6 Å². The van der Waals surface area contributed by atoms with E-state index in [1.165, 1.54) is 18.5 Å². The fourth-order valence-corrected chi connectivity index (χ4v) is 4.10. The lowest BCUT2D eigenvalue weighted by molar-refractivity contribution is -0.193. The third-order valence-corrected chi connectivity index (χ3v) is 6.61. The largest absolute Gasteiger partial charge is 0.490 e. The average Bonchev–Trinajstić information content (AvgIpc) is 3.27. The molecule has 1 aliphatic heterocycles. The highest BCUT2D eigenvalue weighted by Gasteiger charge is 2.39. The monoisotopic (exact) mass is 788 g/mol. The molecule has 1 amide bonds. The van der Waals surface area contributed by atoms with Crippen LogP contribution in [-0.2, 0) is 20.6 Å². The van der Waals surface area contributed by atoms with Gasteiger partial charge in [0, 0.05) is 24.4 Å². The average molecular weight is 789 g/mol. The van der Waals surface area contributed by atoms with Crippen molar-refractivity contribution in [1.82, 2.24) is 20.2 Å². The smallest absolute Gasteiger partial charge is 0.475 e. The Morgan fingerprint density at radius 1 is 0.943 bits per heavy atom. The summed E-state index contributed by atoms with van der Waals surface area (Å²) in [5.41, 5.74) is 0.965. The van der Waals surface area contributed by atoms with Gasteiger partial charge >= 0.3 is 30.5 Å². The van der Waals surface area contributed by atoms with Crippen LogP contribution in [0.1, 0.15) is 24.0 Å². The molecule has 4 rings (SSSR count). The van der Waals surface area contributed by atoms with Crippen molar-refractivity contribution in [3.05, 3.63) is 70.5 Å². The number of nitrogens with one attached hydrogen (secondary N) is 3. The lowest BCUT2D eigenvalue weighted by atomic mass is 10.1. The van der Waals surface area contributed by atoms with Gasteiger partial charge < -0.3 is 35.8 Å². The van der Waals surface area contributed by atoms with Crippen molar-refractivity contribution in [1.29, 1.82) is 0 Å². The number of carbonyl (C=O) groups excluding carboxylic acids is 1. The Kier molecular flexibility index (Phi) is 15.7. The number of carbonyl (C=O) groups is 3. The lowest BCUT2D eigenvalue weighted by Crippen LogP contribution is -2.28. The molecule has 0 spiro atoms. The van der Waals surface area contributed by atoms with Gasteiger partial charge in [0.05, 0.1) is 16.1 Å². The number of amides is 1. The van der Waals surface area contributed by atoms with Crippen molar-refractivity contribution in [2.45, 2.75) is 31.4 Å². The molecule has 2 aromatic carbocycles. The highest BCUT2D eigenvalue weighted by Crippen LogP contribution is 2.36. The summed E-state index contributed by atoms with van der Waals surface area (Å²) in [6.07, 6.45) is -10.1. The molecular formula is C31H30ClF9N6O6. The van der Waals surface area contributed by atoms with E-state index in [1.54, 1.807) is 24.3 Å². The first-order chi connectivity index (χ1) is 24.5. The summed E-state index contributed by atoms with van der Waals surface area (Å²) in [5.74, 6) is -4.42. The number of benzene rings is 2. The standard InChI is InChI=1S/C27H28ClF3N6O2.2C2HF3O2/c1-37(2)12-4-10-33-26(38)17-9-11-32-24-21(13-17)25(35-16-34-24)36-19-7-8-23(22(28)15-19)39-20-6-3-5-18(14-20)27(29,30)31;2*3-2(4,5)1(6)7/h3,5-8,13-16H,4,9-12H2,1-2H3,(H,33,38)(H2,32,34,35,36);2*(H,6,7).